The molecule has 1 atom stereocenters. The highest BCUT2D eigenvalue weighted by molar-refractivity contribution is 5.92. The van der Waals surface area contributed by atoms with Crippen LogP contribution in [0.2, 0.25) is 0 Å². The number of nitrogens with one attached hydrogen (secondary N) is 1. The molecular formula is C25H29F4N3O4. The van der Waals surface area contributed by atoms with E-state index in [4.69, 9.17) is 14.2 Å². The van der Waals surface area contributed by atoms with E-state index in [1.807, 2.05) is 0 Å². The van der Waals surface area contributed by atoms with E-state index in [1.54, 1.807) is 13.8 Å². The molecule has 2 N–H and O–H groups in total. The summed E-state index contributed by atoms with van der Waals surface area (Å²) >= 11 is 0. The Morgan fingerprint density at radius 1 is 1.08 bits per heavy atom. The second-order valence-electron chi connectivity index (χ2n) is 8.79. The van der Waals surface area contributed by atoms with E-state index < -0.39 is 34.8 Å². The summed E-state index contributed by atoms with van der Waals surface area (Å²) in [6.45, 7) is 5.29. The monoisotopic (exact) mass is 511 g/mol. The van der Waals surface area contributed by atoms with Gasteiger partial charge in [0.05, 0.1) is 25.3 Å². The maximum atomic E-state index is 15.3. The van der Waals surface area contributed by atoms with Gasteiger partial charge in [-0.05, 0) is 39.8 Å². The minimum atomic E-state index is -3.85. The molecule has 1 unspecified atom stereocenters. The summed E-state index contributed by atoms with van der Waals surface area (Å²) in [6, 6.07) is 4.16. The highest BCUT2D eigenvalue weighted by Gasteiger charge is 2.49. The van der Waals surface area contributed by atoms with Gasteiger partial charge in [-0.3, -0.25) is 0 Å². The predicted octanol–water partition coefficient (Wildman–Crippen LogP) is 5.29. The van der Waals surface area contributed by atoms with Crippen LogP contribution in [-0.2, 0) is 10.7 Å². The second-order valence-corrected chi connectivity index (χ2v) is 8.79. The average molecular weight is 512 g/mol. The molecule has 7 nitrogen and oxygen atoms in total. The van der Waals surface area contributed by atoms with Crippen molar-refractivity contribution in [2.24, 2.45) is 0 Å². The molecule has 0 saturated heterocycles. The lowest BCUT2D eigenvalue weighted by Gasteiger charge is -2.30. The summed E-state index contributed by atoms with van der Waals surface area (Å²) in [4.78, 5) is 8.49. The van der Waals surface area contributed by atoms with Crippen LogP contribution < -0.4 is 14.8 Å². The summed E-state index contributed by atoms with van der Waals surface area (Å²) in [5.41, 5.74) is -3.57. The van der Waals surface area contributed by atoms with Gasteiger partial charge in [-0.1, -0.05) is 12.1 Å². The zero-order valence-electron chi connectivity index (χ0n) is 20.9. The minimum absolute atomic E-state index is 0.0593. The van der Waals surface area contributed by atoms with Gasteiger partial charge in [0.15, 0.2) is 17.3 Å². The van der Waals surface area contributed by atoms with E-state index in [-0.39, 0.29) is 52.8 Å². The molecular weight excluding hydrogens is 482 g/mol. The van der Waals surface area contributed by atoms with Gasteiger partial charge in [-0.2, -0.15) is 8.78 Å². The van der Waals surface area contributed by atoms with Crippen LogP contribution in [0.3, 0.4) is 0 Å². The third-order valence-electron chi connectivity index (χ3n) is 5.67. The number of halogens is 4. The zero-order chi connectivity index (χ0) is 26.8. The Kier molecular flexibility index (Phi) is 7.94. The van der Waals surface area contributed by atoms with Crippen LogP contribution in [0.25, 0.3) is 10.9 Å². The minimum Gasteiger partial charge on any atom is -0.490 e. The first-order chi connectivity index (χ1) is 16.8. The Morgan fingerprint density at radius 2 is 1.78 bits per heavy atom. The van der Waals surface area contributed by atoms with Crippen molar-refractivity contribution in [3.05, 3.63) is 52.9 Å². The molecule has 1 aromatic heterocycles. The van der Waals surface area contributed by atoms with E-state index in [1.165, 1.54) is 32.4 Å². The molecule has 0 saturated carbocycles. The van der Waals surface area contributed by atoms with Gasteiger partial charge in [0, 0.05) is 18.1 Å². The van der Waals surface area contributed by atoms with E-state index in [9.17, 15) is 13.9 Å². The van der Waals surface area contributed by atoms with Gasteiger partial charge in [-0.15, -0.1) is 0 Å². The zero-order valence-corrected chi connectivity index (χ0v) is 20.9. The summed E-state index contributed by atoms with van der Waals surface area (Å²) in [5.74, 6) is -5.50. The fourth-order valence-corrected chi connectivity index (χ4v) is 3.68. The Labute approximate surface area is 206 Å². The molecule has 196 valence electrons. The molecule has 3 rings (SSSR count). The molecule has 0 fully saturated rings. The quantitative estimate of drug-likeness (QED) is 0.283. The second kappa shape index (κ2) is 10.4. The van der Waals surface area contributed by atoms with Crippen molar-refractivity contribution < 1.29 is 36.9 Å². The SMILES string of the molecule is COCCOc1cc2c(NC(C)c3cccc(C(F)(F)C(C)(C)O)c3F)nc(C)nc2c(F)c1OC. The number of aromatic nitrogens is 2. The highest BCUT2D eigenvalue weighted by Crippen LogP contribution is 2.42. The maximum Gasteiger partial charge on any atom is 0.303 e. The Balaban J connectivity index is 2.08. The van der Waals surface area contributed by atoms with E-state index in [0.29, 0.717) is 0 Å². The summed E-state index contributed by atoms with van der Waals surface area (Å²) < 4.78 is 75.8. The van der Waals surface area contributed by atoms with Gasteiger partial charge in [0.1, 0.15) is 35.2 Å². The Bertz CT molecular complexity index is 1250. The number of hydrogen-bond donors (Lipinski definition) is 2. The van der Waals surface area contributed by atoms with Crippen molar-refractivity contribution in [3.63, 3.8) is 0 Å². The van der Waals surface area contributed by atoms with Crippen molar-refractivity contribution in [1.29, 1.82) is 0 Å². The first-order valence-electron chi connectivity index (χ1n) is 11.2. The molecule has 2 aromatic carbocycles. The van der Waals surface area contributed by atoms with Gasteiger partial charge < -0.3 is 24.6 Å². The van der Waals surface area contributed by atoms with E-state index >= 15 is 8.78 Å². The van der Waals surface area contributed by atoms with Crippen molar-refractivity contribution in [1.82, 2.24) is 9.97 Å². The average Bonchev–Trinajstić information content (AvgIpc) is 2.79. The third-order valence-corrected chi connectivity index (χ3v) is 5.67. The highest BCUT2D eigenvalue weighted by atomic mass is 19.3. The molecule has 0 bridgehead atoms. The molecule has 0 aliphatic rings. The molecule has 0 aliphatic carbocycles. The number of aliphatic hydroxyl groups is 1. The van der Waals surface area contributed by atoms with Crippen LogP contribution in [0.4, 0.5) is 23.4 Å². The summed E-state index contributed by atoms with van der Waals surface area (Å²) in [6.07, 6.45) is 0. The summed E-state index contributed by atoms with van der Waals surface area (Å²) in [5, 5.41) is 13.1. The number of benzene rings is 2. The fraction of sp³-hybridized carbons (Fsp3) is 0.440. The number of ether oxygens (including phenoxy) is 3. The normalized spacial score (nSPS) is 13.1. The first-order valence-corrected chi connectivity index (χ1v) is 11.2. The predicted molar refractivity (Wildman–Crippen MR) is 127 cm³/mol. The van der Waals surface area contributed by atoms with Crippen molar-refractivity contribution in [2.75, 3.05) is 32.8 Å². The number of alkyl halides is 2. The number of aryl methyl sites for hydroxylation is 1. The van der Waals surface area contributed by atoms with Crippen molar-refractivity contribution >= 4 is 16.7 Å². The van der Waals surface area contributed by atoms with Gasteiger partial charge in [0.2, 0.25) is 0 Å². The topological polar surface area (TPSA) is 85.7 Å². The van der Waals surface area contributed by atoms with Gasteiger partial charge in [0.25, 0.3) is 0 Å². The lowest BCUT2D eigenvalue weighted by molar-refractivity contribution is -0.170. The molecule has 0 amide bonds. The number of rotatable bonds is 10. The van der Waals surface area contributed by atoms with Crippen LogP contribution in [0.5, 0.6) is 11.5 Å². The standard InChI is InChI=1S/C25H29F4N3O4/c1-13(15-8-7-9-17(19(15)26)25(28,29)24(3,4)33)30-23-16-12-18(36-11-10-34-5)22(35-6)20(27)21(16)31-14(2)32-23/h7-9,12-13,33H,10-11H2,1-6H3,(H,30,31,32). The van der Waals surface area contributed by atoms with Crippen LogP contribution in [-0.4, -0.2) is 48.1 Å². The summed E-state index contributed by atoms with van der Waals surface area (Å²) in [7, 11) is 2.79. The van der Waals surface area contributed by atoms with Crippen LogP contribution in [0.1, 0.15) is 43.8 Å². The lowest BCUT2D eigenvalue weighted by atomic mass is 9.91. The first kappa shape index (κ1) is 27.4. The molecule has 3 aromatic rings. The molecule has 11 heteroatoms. The number of methoxy groups -OCH3 is 2. The van der Waals surface area contributed by atoms with Crippen molar-refractivity contribution in [2.45, 2.75) is 45.3 Å². The van der Waals surface area contributed by atoms with Gasteiger partial charge >= 0.3 is 5.92 Å². The maximum absolute atomic E-state index is 15.3. The van der Waals surface area contributed by atoms with E-state index in [2.05, 4.69) is 15.3 Å². The van der Waals surface area contributed by atoms with Crippen LogP contribution in [0.15, 0.2) is 24.3 Å². The Hall–Kier alpha value is -3.18. The number of anilines is 1. The molecule has 0 radical (unpaired) electrons. The Morgan fingerprint density at radius 3 is 2.39 bits per heavy atom. The third kappa shape index (κ3) is 5.17. The number of hydrogen-bond acceptors (Lipinski definition) is 7. The largest absolute Gasteiger partial charge is 0.490 e. The van der Waals surface area contributed by atoms with Crippen molar-refractivity contribution in [3.8, 4) is 11.5 Å². The van der Waals surface area contributed by atoms with Crippen LogP contribution in [0, 0.1) is 18.6 Å². The smallest absolute Gasteiger partial charge is 0.303 e. The van der Waals surface area contributed by atoms with Gasteiger partial charge in [-0.25, -0.2) is 18.7 Å². The molecule has 0 aliphatic heterocycles. The molecule has 0 spiro atoms. The lowest BCUT2D eigenvalue weighted by Crippen LogP contribution is -2.41. The number of fused-ring (bicyclic) bond motifs is 1. The fourth-order valence-electron chi connectivity index (χ4n) is 3.68. The molecule has 1 heterocycles. The molecule has 36 heavy (non-hydrogen) atoms. The van der Waals surface area contributed by atoms with Crippen LogP contribution >= 0.6 is 0 Å². The van der Waals surface area contributed by atoms with E-state index in [0.717, 1.165) is 19.9 Å². The number of nitrogens with zero attached hydrogens (tertiary/aromatic N) is 2.